The van der Waals surface area contributed by atoms with Crippen molar-refractivity contribution >= 4 is 28.2 Å². The Morgan fingerprint density at radius 2 is 1.81 bits per heavy atom. The molecular weight excluding hydrogens is 355 g/mol. The fourth-order valence-electron chi connectivity index (χ4n) is 2.15. The average Bonchev–Trinajstić information content (AvgIpc) is 3.15. The van der Waals surface area contributed by atoms with Crippen molar-refractivity contribution < 1.29 is 18.7 Å². The van der Waals surface area contributed by atoms with Crippen LogP contribution in [0.15, 0.2) is 60.0 Å². The van der Waals surface area contributed by atoms with Gasteiger partial charge in [0, 0.05) is 17.5 Å². The number of anilines is 1. The van der Waals surface area contributed by atoms with Crippen molar-refractivity contribution in [2.45, 2.75) is 6.54 Å². The predicted octanol–water partition coefficient (Wildman–Crippen LogP) is 3.93. The third-order valence-corrected chi connectivity index (χ3v) is 4.30. The lowest BCUT2D eigenvalue weighted by atomic mass is 10.1. The largest absolute Gasteiger partial charge is 0.453 e. The Morgan fingerprint density at radius 1 is 1.08 bits per heavy atom. The number of rotatable bonds is 7. The summed E-state index contributed by atoms with van der Waals surface area (Å²) in [6, 6.07) is 14.8. The van der Waals surface area contributed by atoms with E-state index in [1.54, 1.807) is 5.38 Å². The van der Waals surface area contributed by atoms with E-state index in [0.717, 1.165) is 5.56 Å². The van der Waals surface area contributed by atoms with Crippen molar-refractivity contribution in [3.8, 4) is 0 Å². The van der Waals surface area contributed by atoms with Crippen LogP contribution >= 0.6 is 11.3 Å². The highest BCUT2D eigenvalue weighted by Crippen LogP contribution is 2.17. The molecule has 0 aliphatic heterocycles. The zero-order valence-corrected chi connectivity index (χ0v) is 14.5. The summed E-state index contributed by atoms with van der Waals surface area (Å²) in [5, 5.41) is 5.29. The highest BCUT2D eigenvalue weighted by molar-refractivity contribution is 7.13. The van der Waals surface area contributed by atoms with Crippen molar-refractivity contribution in [3.05, 3.63) is 82.6 Å². The number of aromatic nitrogens is 1. The monoisotopic (exact) mass is 370 g/mol. The van der Waals surface area contributed by atoms with Crippen molar-refractivity contribution in [1.82, 2.24) is 4.98 Å². The Balaban J connectivity index is 1.51. The quantitative estimate of drug-likeness (QED) is 0.504. The number of nitrogens with one attached hydrogen (secondary N) is 1. The van der Waals surface area contributed by atoms with Crippen LogP contribution in [0.3, 0.4) is 0 Å². The SMILES string of the molecule is O=C(COC(=O)c1csc(NCc2ccccc2)n1)c1ccc(F)cc1. The smallest absolute Gasteiger partial charge is 0.358 e. The van der Waals surface area contributed by atoms with Gasteiger partial charge in [0.25, 0.3) is 0 Å². The Hall–Kier alpha value is -3.06. The fourth-order valence-corrected chi connectivity index (χ4v) is 2.83. The van der Waals surface area contributed by atoms with Crippen LogP contribution in [0, 0.1) is 5.82 Å². The highest BCUT2D eigenvalue weighted by atomic mass is 32.1. The van der Waals surface area contributed by atoms with Crippen molar-refractivity contribution in [3.63, 3.8) is 0 Å². The molecule has 0 saturated heterocycles. The number of carbonyl (C=O) groups is 2. The molecule has 26 heavy (non-hydrogen) atoms. The topological polar surface area (TPSA) is 68.3 Å². The van der Waals surface area contributed by atoms with Gasteiger partial charge in [-0.05, 0) is 29.8 Å². The molecule has 0 spiro atoms. The minimum atomic E-state index is -0.676. The first-order chi connectivity index (χ1) is 12.6. The second-order valence-electron chi connectivity index (χ2n) is 5.38. The normalized spacial score (nSPS) is 10.3. The minimum absolute atomic E-state index is 0.137. The molecule has 1 heterocycles. The molecule has 0 radical (unpaired) electrons. The molecule has 132 valence electrons. The van der Waals surface area contributed by atoms with Crippen LogP contribution in [-0.2, 0) is 11.3 Å². The molecule has 0 amide bonds. The molecule has 3 aromatic rings. The molecular formula is C19H15FN2O3S. The first kappa shape index (κ1) is 17.8. The number of ketones is 1. The van der Waals surface area contributed by atoms with Crippen molar-refractivity contribution in [1.29, 1.82) is 0 Å². The van der Waals surface area contributed by atoms with Crippen molar-refractivity contribution in [2.24, 2.45) is 0 Å². The lowest BCUT2D eigenvalue weighted by Crippen LogP contribution is -2.14. The molecule has 5 nitrogen and oxygen atoms in total. The molecule has 0 bridgehead atoms. The predicted molar refractivity (Wildman–Crippen MR) is 96.9 cm³/mol. The first-order valence-electron chi connectivity index (χ1n) is 7.81. The van der Waals surface area contributed by atoms with Crippen LogP contribution in [0.1, 0.15) is 26.4 Å². The van der Waals surface area contributed by atoms with Gasteiger partial charge in [-0.25, -0.2) is 14.2 Å². The highest BCUT2D eigenvalue weighted by Gasteiger charge is 2.15. The Kier molecular flexibility index (Phi) is 5.70. The van der Waals surface area contributed by atoms with E-state index in [2.05, 4.69) is 10.3 Å². The molecule has 1 N–H and O–H groups in total. The number of benzene rings is 2. The van der Waals surface area contributed by atoms with E-state index in [1.165, 1.54) is 35.6 Å². The number of esters is 1. The second kappa shape index (κ2) is 8.35. The van der Waals surface area contributed by atoms with Gasteiger partial charge in [-0.3, -0.25) is 4.79 Å². The number of ether oxygens (including phenoxy) is 1. The molecule has 0 fully saturated rings. The minimum Gasteiger partial charge on any atom is -0.453 e. The van der Waals surface area contributed by atoms with E-state index in [1.807, 2.05) is 30.3 Å². The zero-order chi connectivity index (χ0) is 18.4. The van der Waals surface area contributed by atoms with Gasteiger partial charge < -0.3 is 10.1 Å². The third kappa shape index (κ3) is 4.73. The summed E-state index contributed by atoms with van der Waals surface area (Å²) in [7, 11) is 0. The Morgan fingerprint density at radius 3 is 2.54 bits per heavy atom. The number of hydrogen-bond acceptors (Lipinski definition) is 6. The maximum atomic E-state index is 12.8. The van der Waals surface area contributed by atoms with Crippen LogP contribution in [0.25, 0.3) is 0 Å². The number of carbonyl (C=O) groups excluding carboxylic acids is 2. The van der Waals surface area contributed by atoms with Crippen LogP contribution in [-0.4, -0.2) is 23.3 Å². The van der Waals surface area contributed by atoms with E-state index < -0.39 is 24.2 Å². The van der Waals surface area contributed by atoms with Gasteiger partial charge >= 0.3 is 5.97 Å². The molecule has 1 aromatic heterocycles. The molecule has 0 aliphatic carbocycles. The summed E-state index contributed by atoms with van der Waals surface area (Å²) in [4.78, 5) is 28.1. The van der Waals surface area contributed by atoms with E-state index >= 15 is 0 Å². The number of halogens is 1. The molecule has 0 unspecified atom stereocenters. The first-order valence-corrected chi connectivity index (χ1v) is 8.69. The maximum absolute atomic E-state index is 12.8. The van der Waals surface area contributed by atoms with E-state index in [9.17, 15) is 14.0 Å². The average molecular weight is 370 g/mol. The number of Topliss-reactive ketones (excluding diaryl/α,β-unsaturated/α-hetero) is 1. The van der Waals surface area contributed by atoms with Gasteiger partial charge in [-0.2, -0.15) is 0 Å². The summed E-state index contributed by atoms with van der Waals surface area (Å²) in [5.74, 6) is -1.52. The Labute approximate surface area is 153 Å². The summed E-state index contributed by atoms with van der Waals surface area (Å²) in [6.45, 7) is 0.167. The molecule has 2 aromatic carbocycles. The molecule has 0 saturated carbocycles. The molecule has 0 atom stereocenters. The lowest BCUT2D eigenvalue weighted by molar-refractivity contribution is 0.0470. The third-order valence-electron chi connectivity index (χ3n) is 3.50. The summed E-state index contributed by atoms with van der Waals surface area (Å²) >= 11 is 1.28. The second-order valence-corrected chi connectivity index (χ2v) is 6.24. The molecule has 7 heteroatoms. The fraction of sp³-hybridized carbons (Fsp3) is 0.105. The van der Waals surface area contributed by atoms with Crippen molar-refractivity contribution in [2.75, 3.05) is 11.9 Å². The van der Waals surface area contributed by atoms with Gasteiger partial charge in [0.1, 0.15) is 5.82 Å². The molecule has 0 aliphatic rings. The van der Waals surface area contributed by atoms with E-state index in [-0.39, 0.29) is 11.3 Å². The lowest BCUT2D eigenvalue weighted by Gasteiger charge is -2.03. The van der Waals surface area contributed by atoms with E-state index in [0.29, 0.717) is 11.7 Å². The maximum Gasteiger partial charge on any atom is 0.358 e. The summed E-state index contributed by atoms with van der Waals surface area (Å²) in [6.07, 6.45) is 0. The summed E-state index contributed by atoms with van der Waals surface area (Å²) in [5.41, 5.74) is 1.51. The van der Waals surface area contributed by atoms with Gasteiger partial charge in [-0.15, -0.1) is 11.3 Å². The van der Waals surface area contributed by atoms with Gasteiger partial charge in [0.2, 0.25) is 0 Å². The zero-order valence-electron chi connectivity index (χ0n) is 13.6. The van der Waals surface area contributed by atoms with Crippen LogP contribution < -0.4 is 5.32 Å². The van der Waals surface area contributed by atoms with Gasteiger partial charge in [0.05, 0.1) is 0 Å². The van der Waals surface area contributed by atoms with Crippen LogP contribution in [0.2, 0.25) is 0 Å². The summed E-state index contributed by atoms with van der Waals surface area (Å²) < 4.78 is 17.8. The van der Waals surface area contributed by atoms with Gasteiger partial charge in [-0.1, -0.05) is 30.3 Å². The number of nitrogens with zero attached hydrogens (tertiary/aromatic N) is 1. The number of thiazole rings is 1. The van der Waals surface area contributed by atoms with Crippen LogP contribution in [0.5, 0.6) is 0 Å². The standard InChI is InChI=1S/C19H15FN2O3S/c20-15-8-6-14(7-9-15)17(23)11-25-18(24)16-12-26-19(22-16)21-10-13-4-2-1-3-5-13/h1-9,12H,10-11H2,(H,21,22). The van der Waals surface area contributed by atoms with E-state index in [4.69, 9.17) is 4.74 Å². The van der Waals surface area contributed by atoms with Crippen LogP contribution in [0.4, 0.5) is 9.52 Å². The Bertz CT molecular complexity index is 895. The van der Waals surface area contributed by atoms with Gasteiger partial charge in [0.15, 0.2) is 23.2 Å². The number of hydrogen-bond donors (Lipinski definition) is 1. The molecule has 3 rings (SSSR count).